The van der Waals surface area contributed by atoms with E-state index in [4.69, 9.17) is 4.74 Å². The predicted octanol–water partition coefficient (Wildman–Crippen LogP) is 2.53. The zero-order chi connectivity index (χ0) is 13.6. The molecule has 1 N–H and O–H groups in total. The molecular weight excluding hydrogens is 250 g/mol. The fourth-order valence-corrected chi connectivity index (χ4v) is 2.32. The Balaban J connectivity index is 1.58. The second kappa shape index (κ2) is 6.39. The summed E-state index contributed by atoms with van der Waals surface area (Å²) in [7, 11) is 0. The highest BCUT2D eigenvalue weighted by molar-refractivity contribution is 5.55. The smallest absolute Gasteiger partial charge is 0.0642 e. The molecule has 3 rings (SSSR count). The van der Waals surface area contributed by atoms with Crippen LogP contribution < -0.4 is 10.2 Å². The summed E-state index contributed by atoms with van der Waals surface area (Å²) in [4.78, 5) is 6.47. The number of morpholine rings is 1. The van der Waals surface area contributed by atoms with Crippen LogP contribution in [0.4, 0.5) is 11.4 Å². The summed E-state index contributed by atoms with van der Waals surface area (Å²) in [6.45, 7) is 4.39. The van der Waals surface area contributed by atoms with Crippen molar-refractivity contribution in [2.45, 2.75) is 6.54 Å². The first kappa shape index (κ1) is 12.9. The van der Waals surface area contributed by atoms with Crippen molar-refractivity contribution < 1.29 is 4.74 Å². The van der Waals surface area contributed by atoms with E-state index in [-0.39, 0.29) is 0 Å². The normalized spacial score (nSPS) is 15.1. The first-order valence-corrected chi connectivity index (χ1v) is 6.97. The van der Waals surface area contributed by atoms with E-state index in [1.54, 1.807) is 6.20 Å². The van der Waals surface area contributed by atoms with Crippen molar-refractivity contribution in [2.24, 2.45) is 0 Å². The highest BCUT2D eigenvalue weighted by Gasteiger charge is 2.10. The number of pyridine rings is 1. The van der Waals surface area contributed by atoms with Gasteiger partial charge < -0.3 is 15.0 Å². The summed E-state index contributed by atoms with van der Waals surface area (Å²) in [5, 5.41) is 3.41. The Morgan fingerprint density at radius 2 is 1.90 bits per heavy atom. The van der Waals surface area contributed by atoms with Crippen molar-refractivity contribution >= 4 is 11.4 Å². The van der Waals surface area contributed by atoms with Crippen molar-refractivity contribution in [1.29, 1.82) is 0 Å². The maximum atomic E-state index is 5.37. The average molecular weight is 269 g/mol. The molecule has 0 amide bonds. The zero-order valence-electron chi connectivity index (χ0n) is 11.5. The van der Waals surface area contributed by atoms with E-state index >= 15 is 0 Å². The number of benzene rings is 1. The SMILES string of the molecule is c1cncc(CNc2ccc(N3CCOCC3)cc2)c1. The molecule has 104 valence electrons. The van der Waals surface area contributed by atoms with Crippen molar-refractivity contribution in [3.05, 3.63) is 54.4 Å². The molecule has 0 spiro atoms. The van der Waals surface area contributed by atoms with Gasteiger partial charge in [-0.1, -0.05) is 6.07 Å². The van der Waals surface area contributed by atoms with Gasteiger partial charge in [0.25, 0.3) is 0 Å². The number of rotatable bonds is 4. The van der Waals surface area contributed by atoms with E-state index in [0.717, 1.165) is 38.5 Å². The Hall–Kier alpha value is -2.07. The van der Waals surface area contributed by atoms with Crippen LogP contribution in [0.15, 0.2) is 48.8 Å². The van der Waals surface area contributed by atoms with Crippen molar-refractivity contribution in [3.63, 3.8) is 0 Å². The minimum atomic E-state index is 0.796. The van der Waals surface area contributed by atoms with Crippen molar-refractivity contribution in [3.8, 4) is 0 Å². The quantitative estimate of drug-likeness (QED) is 0.925. The van der Waals surface area contributed by atoms with Crippen LogP contribution >= 0.6 is 0 Å². The van der Waals surface area contributed by atoms with Crippen molar-refractivity contribution in [2.75, 3.05) is 36.5 Å². The van der Waals surface area contributed by atoms with Crippen LogP contribution in [-0.2, 0) is 11.3 Å². The summed E-state index contributed by atoms with van der Waals surface area (Å²) >= 11 is 0. The molecule has 2 aromatic rings. The monoisotopic (exact) mass is 269 g/mol. The zero-order valence-corrected chi connectivity index (χ0v) is 11.5. The Morgan fingerprint density at radius 3 is 2.60 bits per heavy atom. The van der Waals surface area contributed by atoms with Gasteiger partial charge in [0.05, 0.1) is 13.2 Å². The molecule has 0 bridgehead atoms. The molecular formula is C16H19N3O. The summed E-state index contributed by atoms with van der Waals surface area (Å²) in [6.07, 6.45) is 3.68. The second-order valence-corrected chi connectivity index (χ2v) is 4.86. The van der Waals surface area contributed by atoms with E-state index < -0.39 is 0 Å². The van der Waals surface area contributed by atoms with Gasteiger partial charge in [-0.05, 0) is 35.9 Å². The molecule has 2 heterocycles. The number of hydrogen-bond donors (Lipinski definition) is 1. The van der Waals surface area contributed by atoms with Crippen LogP contribution in [0.3, 0.4) is 0 Å². The number of anilines is 2. The van der Waals surface area contributed by atoms with Gasteiger partial charge in [-0.15, -0.1) is 0 Å². The Kier molecular flexibility index (Phi) is 4.13. The number of ether oxygens (including phenoxy) is 1. The molecule has 1 aliphatic rings. The molecule has 0 aliphatic carbocycles. The molecule has 4 heteroatoms. The molecule has 1 aromatic carbocycles. The lowest BCUT2D eigenvalue weighted by atomic mass is 10.2. The summed E-state index contributed by atoms with van der Waals surface area (Å²) in [5.74, 6) is 0. The lowest BCUT2D eigenvalue weighted by molar-refractivity contribution is 0.122. The molecule has 4 nitrogen and oxygen atoms in total. The lowest BCUT2D eigenvalue weighted by Crippen LogP contribution is -2.36. The van der Waals surface area contributed by atoms with Crippen LogP contribution in [0.2, 0.25) is 0 Å². The minimum absolute atomic E-state index is 0.796. The lowest BCUT2D eigenvalue weighted by Gasteiger charge is -2.28. The van der Waals surface area contributed by atoms with Gasteiger partial charge in [0.1, 0.15) is 0 Å². The molecule has 0 saturated carbocycles. The Labute approximate surface area is 119 Å². The fraction of sp³-hybridized carbons (Fsp3) is 0.312. The largest absolute Gasteiger partial charge is 0.381 e. The van der Waals surface area contributed by atoms with E-state index in [9.17, 15) is 0 Å². The van der Waals surface area contributed by atoms with Crippen LogP contribution in [0.1, 0.15) is 5.56 Å². The summed E-state index contributed by atoms with van der Waals surface area (Å²) < 4.78 is 5.37. The number of nitrogens with zero attached hydrogens (tertiary/aromatic N) is 2. The van der Waals surface area contributed by atoms with Gasteiger partial charge in [-0.2, -0.15) is 0 Å². The van der Waals surface area contributed by atoms with Gasteiger partial charge in [0.2, 0.25) is 0 Å². The number of hydrogen-bond acceptors (Lipinski definition) is 4. The fourth-order valence-electron chi connectivity index (χ4n) is 2.32. The van der Waals surface area contributed by atoms with Gasteiger partial charge in [0.15, 0.2) is 0 Å². The molecule has 0 atom stereocenters. The van der Waals surface area contributed by atoms with Crippen LogP contribution in [0.25, 0.3) is 0 Å². The molecule has 1 aromatic heterocycles. The molecule has 1 aliphatic heterocycles. The number of nitrogens with one attached hydrogen (secondary N) is 1. The maximum Gasteiger partial charge on any atom is 0.0642 e. The average Bonchev–Trinajstić information content (AvgIpc) is 2.55. The van der Waals surface area contributed by atoms with Gasteiger partial charge >= 0.3 is 0 Å². The van der Waals surface area contributed by atoms with E-state index in [0.29, 0.717) is 0 Å². The van der Waals surface area contributed by atoms with E-state index in [1.165, 1.54) is 11.3 Å². The van der Waals surface area contributed by atoms with E-state index in [2.05, 4.69) is 45.5 Å². The second-order valence-electron chi connectivity index (χ2n) is 4.86. The van der Waals surface area contributed by atoms with Gasteiger partial charge in [-0.3, -0.25) is 4.98 Å². The highest BCUT2D eigenvalue weighted by Crippen LogP contribution is 2.19. The highest BCUT2D eigenvalue weighted by atomic mass is 16.5. The Bertz CT molecular complexity index is 521. The first-order valence-electron chi connectivity index (χ1n) is 6.97. The molecule has 20 heavy (non-hydrogen) atoms. The Morgan fingerprint density at radius 1 is 1.10 bits per heavy atom. The molecule has 0 radical (unpaired) electrons. The predicted molar refractivity (Wildman–Crippen MR) is 81.0 cm³/mol. The minimum Gasteiger partial charge on any atom is -0.381 e. The van der Waals surface area contributed by atoms with Crippen LogP contribution in [0.5, 0.6) is 0 Å². The van der Waals surface area contributed by atoms with Crippen molar-refractivity contribution in [1.82, 2.24) is 4.98 Å². The van der Waals surface area contributed by atoms with Crippen LogP contribution in [0, 0.1) is 0 Å². The summed E-state index contributed by atoms with van der Waals surface area (Å²) in [5.41, 5.74) is 3.58. The molecule has 1 saturated heterocycles. The molecule has 0 unspecified atom stereocenters. The van der Waals surface area contributed by atoms with Gasteiger partial charge in [-0.25, -0.2) is 0 Å². The standard InChI is InChI=1S/C16H19N3O/c1-2-14(12-17-7-1)13-18-15-3-5-16(6-4-15)19-8-10-20-11-9-19/h1-7,12,18H,8-11,13H2. The first-order chi connectivity index (χ1) is 9.92. The third-order valence-electron chi connectivity index (χ3n) is 3.46. The van der Waals surface area contributed by atoms with E-state index in [1.807, 2.05) is 12.3 Å². The third-order valence-corrected chi connectivity index (χ3v) is 3.46. The maximum absolute atomic E-state index is 5.37. The van der Waals surface area contributed by atoms with Crippen LogP contribution in [-0.4, -0.2) is 31.3 Å². The van der Waals surface area contributed by atoms with Gasteiger partial charge in [0, 0.05) is 43.4 Å². The number of aromatic nitrogens is 1. The topological polar surface area (TPSA) is 37.4 Å². The third kappa shape index (κ3) is 3.27. The summed E-state index contributed by atoms with van der Waals surface area (Å²) in [6, 6.07) is 12.6. The molecule has 1 fully saturated rings.